The summed E-state index contributed by atoms with van der Waals surface area (Å²) in [4.78, 5) is 0. The van der Waals surface area contributed by atoms with E-state index in [9.17, 15) is 0 Å². The van der Waals surface area contributed by atoms with Crippen LogP contribution in [0.25, 0.3) is 0 Å². The van der Waals surface area contributed by atoms with Crippen molar-refractivity contribution in [2.24, 2.45) is 5.73 Å². The molecule has 2 N–H and O–H groups in total. The number of benzene rings is 1. The number of nitrogens with two attached hydrogens (primary N) is 1. The summed E-state index contributed by atoms with van der Waals surface area (Å²) in [5, 5.41) is 8.34. The lowest BCUT2D eigenvalue weighted by atomic mass is 9.94. The topological polar surface area (TPSA) is 56.7 Å². The van der Waals surface area contributed by atoms with Crippen molar-refractivity contribution in [3.63, 3.8) is 0 Å². The van der Waals surface area contributed by atoms with Crippen molar-refractivity contribution in [1.29, 1.82) is 0 Å². The Kier molecular flexibility index (Phi) is 3.77. The average molecular weight is 244 g/mol. The predicted molar refractivity (Wildman–Crippen MR) is 72.0 cm³/mol. The van der Waals surface area contributed by atoms with Gasteiger partial charge in [-0.1, -0.05) is 48.9 Å². The SMILES string of the molecule is CCCC(C)(N)c1cn(Cc2ccccc2)nn1. The number of rotatable bonds is 5. The highest BCUT2D eigenvalue weighted by Crippen LogP contribution is 2.20. The van der Waals surface area contributed by atoms with Gasteiger partial charge in [-0.25, -0.2) is 4.68 Å². The first-order valence-corrected chi connectivity index (χ1v) is 6.35. The second kappa shape index (κ2) is 5.31. The van der Waals surface area contributed by atoms with Crippen LogP contribution in [-0.2, 0) is 12.1 Å². The van der Waals surface area contributed by atoms with Crippen LogP contribution in [0.1, 0.15) is 37.9 Å². The molecule has 2 aromatic rings. The molecule has 1 aromatic heterocycles. The largest absolute Gasteiger partial charge is 0.320 e. The first kappa shape index (κ1) is 12.8. The van der Waals surface area contributed by atoms with Crippen LogP contribution in [0.5, 0.6) is 0 Å². The number of nitrogens with zero attached hydrogens (tertiary/aromatic N) is 3. The van der Waals surface area contributed by atoms with Gasteiger partial charge in [-0.15, -0.1) is 5.10 Å². The van der Waals surface area contributed by atoms with Crippen LogP contribution in [0.15, 0.2) is 36.5 Å². The van der Waals surface area contributed by atoms with E-state index in [1.165, 1.54) is 5.56 Å². The second-order valence-electron chi connectivity index (χ2n) is 4.95. The van der Waals surface area contributed by atoms with Gasteiger partial charge in [-0.05, 0) is 18.9 Å². The standard InChI is InChI=1S/C14H20N4/c1-3-9-14(2,15)13-11-18(17-16-13)10-12-7-5-4-6-8-12/h4-8,11H,3,9-10,15H2,1-2H3. The van der Waals surface area contributed by atoms with E-state index < -0.39 is 0 Å². The van der Waals surface area contributed by atoms with E-state index in [0.717, 1.165) is 25.1 Å². The lowest BCUT2D eigenvalue weighted by Crippen LogP contribution is -2.33. The fourth-order valence-corrected chi connectivity index (χ4v) is 2.06. The summed E-state index contributed by atoms with van der Waals surface area (Å²) in [5.74, 6) is 0. The van der Waals surface area contributed by atoms with E-state index in [1.807, 2.05) is 36.0 Å². The lowest BCUT2D eigenvalue weighted by molar-refractivity contribution is 0.433. The summed E-state index contributed by atoms with van der Waals surface area (Å²) in [7, 11) is 0. The van der Waals surface area contributed by atoms with Gasteiger partial charge in [0.2, 0.25) is 0 Å². The summed E-state index contributed by atoms with van der Waals surface area (Å²) >= 11 is 0. The minimum Gasteiger partial charge on any atom is -0.320 e. The normalized spacial score (nSPS) is 14.4. The van der Waals surface area contributed by atoms with E-state index in [2.05, 4.69) is 29.4 Å². The molecule has 0 saturated carbocycles. The zero-order chi connectivity index (χ0) is 13.0. The van der Waals surface area contributed by atoms with Crippen LogP contribution in [-0.4, -0.2) is 15.0 Å². The summed E-state index contributed by atoms with van der Waals surface area (Å²) in [6, 6.07) is 10.2. The molecule has 0 radical (unpaired) electrons. The molecule has 2 rings (SSSR count). The molecule has 4 nitrogen and oxygen atoms in total. The van der Waals surface area contributed by atoms with Gasteiger partial charge in [-0.3, -0.25) is 0 Å². The number of hydrogen-bond acceptors (Lipinski definition) is 3. The zero-order valence-electron chi connectivity index (χ0n) is 11.0. The van der Waals surface area contributed by atoms with Gasteiger partial charge in [0.05, 0.1) is 18.3 Å². The van der Waals surface area contributed by atoms with E-state index in [1.54, 1.807) is 0 Å². The molecule has 0 aliphatic carbocycles. The molecule has 0 fully saturated rings. The summed E-state index contributed by atoms with van der Waals surface area (Å²) in [6.07, 6.45) is 3.90. The van der Waals surface area contributed by atoms with Crippen molar-refractivity contribution in [1.82, 2.24) is 15.0 Å². The van der Waals surface area contributed by atoms with E-state index in [-0.39, 0.29) is 5.54 Å². The van der Waals surface area contributed by atoms with Gasteiger partial charge in [0.1, 0.15) is 5.69 Å². The van der Waals surface area contributed by atoms with Crippen LogP contribution in [0.3, 0.4) is 0 Å². The fraction of sp³-hybridized carbons (Fsp3) is 0.429. The first-order chi connectivity index (χ1) is 8.62. The molecule has 1 atom stereocenters. The molecule has 1 heterocycles. The van der Waals surface area contributed by atoms with Gasteiger partial charge in [0.15, 0.2) is 0 Å². The Balaban J connectivity index is 2.11. The lowest BCUT2D eigenvalue weighted by Gasteiger charge is -2.20. The second-order valence-corrected chi connectivity index (χ2v) is 4.95. The molecule has 1 aromatic carbocycles. The summed E-state index contributed by atoms with van der Waals surface area (Å²) in [6.45, 7) is 4.86. The van der Waals surface area contributed by atoms with Crippen LogP contribution in [0.2, 0.25) is 0 Å². The quantitative estimate of drug-likeness (QED) is 0.878. The molecule has 0 amide bonds. The molecule has 18 heavy (non-hydrogen) atoms. The molecule has 0 saturated heterocycles. The zero-order valence-corrected chi connectivity index (χ0v) is 11.0. The smallest absolute Gasteiger partial charge is 0.102 e. The molecule has 0 bridgehead atoms. The molecule has 1 unspecified atom stereocenters. The van der Waals surface area contributed by atoms with Crippen molar-refractivity contribution >= 4 is 0 Å². The Morgan fingerprint density at radius 2 is 2.00 bits per heavy atom. The van der Waals surface area contributed by atoms with Crippen LogP contribution >= 0.6 is 0 Å². The molecule has 0 spiro atoms. The molecule has 0 aliphatic heterocycles. The maximum absolute atomic E-state index is 6.24. The van der Waals surface area contributed by atoms with Crippen LogP contribution in [0.4, 0.5) is 0 Å². The average Bonchev–Trinajstić information content (AvgIpc) is 2.79. The molecular formula is C14H20N4. The maximum Gasteiger partial charge on any atom is 0.102 e. The van der Waals surface area contributed by atoms with Gasteiger partial charge >= 0.3 is 0 Å². The maximum atomic E-state index is 6.24. The molecular weight excluding hydrogens is 224 g/mol. The van der Waals surface area contributed by atoms with Gasteiger partial charge in [-0.2, -0.15) is 0 Å². The minimum absolute atomic E-state index is 0.385. The Hall–Kier alpha value is -1.68. The number of aromatic nitrogens is 3. The summed E-state index contributed by atoms with van der Waals surface area (Å²) < 4.78 is 1.84. The van der Waals surface area contributed by atoms with Crippen molar-refractivity contribution in [3.8, 4) is 0 Å². The van der Waals surface area contributed by atoms with Gasteiger partial charge in [0.25, 0.3) is 0 Å². The highest BCUT2D eigenvalue weighted by Gasteiger charge is 2.23. The Morgan fingerprint density at radius 3 is 2.67 bits per heavy atom. The Morgan fingerprint density at radius 1 is 1.28 bits per heavy atom. The van der Waals surface area contributed by atoms with Gasteiger partial charge < -0.3 is 5.73 Å². The monoisotopic (exact) mass is 244 g/mol. The first-order valence-electron chi connectivity index (χ1n) is 6.35. The van der Waals surface area contributed by atoms with Crippen molar-refractivity contribution in [2.45, 2.75) is 38.8 Å². The summed E-state index contributed by atoms with van der Waals surface area (Å²) in [5.41, 5.74) is 7.93. The highest BCUT2D eigenvalue weighted by molar-refractivity contribution is 5.15. The number of hydrogen-bond donors (Lipinski definition) is 1. The van der Waals surface area contributed by atoms with Crippen molar-refractivity contribution in [3.05, 3.63) is 47.8 Å². The van der Waals surface area contributed by atoms with E-state index in [0.29, 0.717) is 0 Å². The van der Waals surface area contributed by atoms with Crippen molar-refractivity contribution in [2.75, 3.05) is 0 Å². The Bertz CT molecular complexity index is 488. The fourth-order valence-electron chi connectivity index (χ4n) is 2.06. The van der Waals surface area contributed by atoms with Crippen LogP contribution in [0, 0.1) is 0 Å². The van der Waals surface area contributed by atoms with Crippen LogP contribution < -0.4 is 5.73 Å². The molecule has 4 heteroatoms. The highest BCUT2D eigenvalue weighted by atomic mass is 15.4. The molecule has 0 aliphatic rings. The molecule has 96 valence electrons. The van der Waals surface area contributed by atoms with Gasteiger partial charge in [0, 0.05) is 0 Å². The third kappa shape index (κ3) is 2.96. The van der Waals surface area contributed by atoms with Crippen molar-refractivity contribution < 1.29 is 0 Å². The third-order valence-corrected chi connectivity index (χ3v) is 3.08. The minimum atomic E-state index is -0.385. The third-order valence-electron chi connectivity index (χ3n) is 3.08. The van der Waals surface area contributed by atoms with E-state index in [4.69, 9.17) is 5.73 Å². The van der Waals surface area contributed by atoms with E-state index >= 15 is 0 Å². The predicted octanol–water partition coefficient (Wildman–Crippen LogP) is 2.30. The Labute approximate surface area is 108 Å².